The predicted octanol–water partition coefficient (Wildman–Crippen LogP) is 2.59. The van der Waals surface area contributed by atoms with Crippen LogP contribution in [0.2, 0.25) is 5.02 Å². The first-order valence-electron chi connectivity index (χ1n) is 5.38. The van der Waals surface area contributed by atoms with Gasteiger partial charge in [0, 0.05) is 29.9 Å². The van der Waals surface area contributed by atoms with Gasteiger partial charge in [-0.3, -0.25) is 0 Å². The van der Waals surface area contributed by atoms with Crippen LogP contribution in [-0.2, 0) is 0 Å². The Morgan fingerprint density at radius 2 is 2.31 bits per heavy atom. The molecule has 0 radical (unpaired) electrons. The normalized spacial score (nSPS) is 16.4. The smallest absolute Gasteiger partial charge is 0.139 e. The Labute approximate surface area is 98.5 Å². The first-order chi connectivity index (χ1) is 7.86. The lowest BCUT2D eigenvalue weighted by Gasteiger charge is -2.13. The SMILES string of the molecule is Clc1ccnc2[nH]cc(C3=CCCNC3)c12. The summed E-state index contributed by atoms with van der Waals surface area (Å²) in [7, 11) is 0. The van der Waals surface area contributed by atoms with Crippen LogP contribution in [0, 0.1) is 0 Å². The molecule has 2 N–H and O–H groups in total. The zero-order valence-corrected chi connectivity index (χ0v) is 9.51. The number of rotatable bonds is 1. The molecule has 2 aromatic heterocycles. The summed E-state index contributed by atoms with van der Waals surface area (Å²) in [5, 5.41) is 5.15. The molecule has 3 rings (SSSR count). The van der Waals surface area contributed by atoms with Gasteiger partial charge in [-0.15, -0.1) is 0 Å². The molecule has 3 nitrogen and oxygen atoms in total. The molecule has 0 aromatic carbocycles. The van der Waals surface area contributed by atoms with E-state index >= 15 is 0 Å². The van der Waals surface area contributed by atoms with E-state index in [1.165, 1.54) is 11.1 Å². The number of pyridine rings is 1. The topological polar surface area (TPSA) is 40.7 Å². The van der Waals surface area contributed by atoms with Crippen LogP contribution in [-0.4, -0.2) is 23.1 Å². The van der Waals surface area contributed by atoms with Crippen molar-refractivity contribution < 1.29 is 0 Å². The lowest BCUT2D eigenvalue weighted by atomic mass is 10.0. The van der Waals surface area contributed by atoms with Gasteiger partial charge < -0.3 is 10.3 Å². The van der Waals surface area contributed by atoms with Crippen molar-refractivity contribution in [3.8, 4) is 0 Å². The fourth-order valence-corrected chi connectivity index (χ4v) is 2.37. The highest BCUT2D eigenvalue weighted by atomic mass is 35.5. The van der Waals surface area contributed by atoms with E-state index in [2.05, 4.69) is 21.4 Å². The van der Waals surface area contributed by atoms with E-state index in [4.69, 9.17) is 11.6 Å². The Morgan fingerprint density at radius 1 is 1.38 bits per heavy atom. The summed E-state index contributed by atoms with van der Waals surface area (Å²) >= 11 is 6.22. The third-order valence-electron chi connectivity index (χ3n) is 2.90. The van der Waals surface area contributed by atoms with E-state index in [1.807, 2.05) is 12.3 Å². The summed E-state index contributed by atoms with van der Waals surface area (Å²) < 4.78 is 0. The molecule has 82 valence electrons. The highest BCUT2D eigenvalue weighted by Gasteiger charge is 2.13. The fraction of sp³-hybridized carbons (Fsp3) is 0.250. The van der Waals surface area contributed by atoms with Gasteiger partial charge >= 0.3 is 0 Å². The Balaban J connectivity index is 2.20. The van der Waals surface area contributed by atoms with Crippen molar-refractivity contribution in [3.63, 3.8) is 0 Å². The van der Waals surface area contributed by atoms with Crippen molar-refractivity contribution in [3.05, 3.63) is 35.1 Å². The average Bonchev–Trinajstić information content (AvgIpc) is 2.75. The monoisotopic (exact) mass is 233 g/mol. The Bertz CT molecular complexity index is 556. The van der Waals surface area contributed by atoms with Crippen LogP contribution < -0.4 is 5.32 Å². The zero-order valence-electron chi connectivity index (χ0n) is 8.76. The van der Waals surface area contributed by atoms with Crippen LogP contribution in [0.3, 0.4) is 0 Å². The maximum absolute atomic E-state index is 6.22. The molecule has 16 heavy (non-hydrogen) atoms. The number of halogens is 1. The van der Waals surface area contributed by atoms with Crippen molar-refractivity contribution in [2.45, 2.75) is 6.42 Å². The minimum Gasteiger partial charge on any atom is -0.345 e. The summed E-state index contributed by atoms with van der Waals surface area (Å²) in [6, 6.07) is 1.83. The van der Waals surface area contributed by atoms with E-state index in [0.29, 0.717) is 0 Å². The zero-order chi connectivity index (χ0) is 11.0. The van der Waals surface area contributed by atoms with E-state index in [-0.39, 0.29) is 0 Å². The minimum absolute atomic E-state index is 0.757. The minimum atomic E-state index is 0.757. The highest BCUT2D eigenvalue weighted by Crippen LogP contribution is 2.30. The number of aromatic amines is 1. The molecular weight excluding hydrogens is 222 g/mol. The van der Waals surface area contributed by atoms with Gasteiger partial charge in [-0.1, -0.05) is 17.7 Å². The molecule has 2 aromatic rings. The molecule has 1 aliphatic heterocycles. The molecule has 0 unspecified atom stereocenters. The maximum atomic E-state index is 6.22. The molecule has 1 aliphatic rings. The number of nitrogens with one attached hydrogen (secondary N) is 2. The third kappa shape index (κ3) is 1.52. The van der Waals surface area contributed by atoms with Crippen LogP contribution in [0.4, 0.5) is 0 Å². The van der Waals surface area contributed by atoms with Crippen molar-refractivity contribution in [1.82, 2.24) is 15.3 Å². The average molecular weight is 234 g/mol. The van der Waals surface area contributed by atoms with Crippen LogP contribution in [0.1, 0.15) is 12.0 Å². The van der Waals surface area contributed by atoms with Gasteiger partial charge in [-0.05, 0) is 24.6 Å². The summed E-state index contributed by atoms with van der Waals surface area (Å²) in [6.07, 6.45) is 7.04. The fourth-order valence-electron chi connectivity index (χ4n) is 2.12. The van der Waals surface area contributed by atoms with Crippen LogP contribution >= 0.6 is 11.6 Å². The molecule has 0 saturated carbocycles. The largest absolute Gasteiger partial charge is 0.345 e. The van der Waals surface area contributed by atoms with E-state index < -0.39 is 0 Å². The number of aromatic nitrogens is 2. The molecule has 0 bridgehead atoms. The Hall–Kier alpha value is -1.32. The number of H-pyrrole nitrogens is 1. The van der Waals surface area contributed by atoms with Crippen molar-refractivity contribution in [1.29, 1.82) is 0 Å². The lowest BCUT2D eigenvalue weighted by molar-refractivity contribution is 0.739. The van der Waals surface area contributed by atoms with Gasteiger partial charge in [0.15, 0.2) is 0 Å². The molecule has 4 heteroatoms. The number of hydrogen-bond donors (Lipinski definition) is 2. The molecule has 0 spiro atoms. The standard InChI is InChI=1S/C12H12ClN3/c13-10-3-5-15-12-11(10)9(7-16-12)8-2-1-4-14-6-8/h2-3,5,7,14H,1,4,6H2,(H,15,16). The van der Waals surface area contributed by atoms with E-state index in [0.717, 1.165) is 35.6 Å². The number of nitrogens with zero attached hydrogens (tertiary/aromatic N) is 1. The van der Waals surface area contributed by atoms with Crippen molar-refractivity contribution >= 4 is 28.2 Å². The second-order valence-corrected chi connectivity index (χ2v) is 4.32. The molecule has 3 heterocycles. The summed E-state index contributed by atoms with van der Waals surface area (Å²) in [4.78, 5) is 7.43. The molecular formula is C12H12ClN3. The van der Waals surface area contributed by atoms with Crippen LogP contribution in [0.15, 0.2) is 24.5 Å². The third-order valence-corrected chi connectivity index (χ3v) is 3.21. The maximum Gasteiger partial charge on any atom is 0.139 e. The predicted molar refractivity (Wildman–Crippen MR) is 66.6 cm³/mol. The summed E-state index contributed by atoms with van der Waals surface area (Å²) in [5.41, 5.74) is 3.32. The van der Waals surface area contributed by atoms with E-state index in [1.54, 1.807) is 6.20 Å². The highest BCUT2D eigenvalue weighted by molar-refractivity contribution is 6.35. The molecule has 0 fully saturated rings. The van der Waals surface area contributed by atoms with Gasteiger partial charge in [0.25, 0.3) is 0 Å². The molecule has 0 saturated heterocycles. The lowest BCUT2D eigenvalue weighted by Crippen LogP contribution is -2.21. The number of fused-ring (bicyclic) bond motifs is 1. The van der Waals surface area contributed by atoms with Gasteiger partial charge in [0.2, 0.25) is 0 Å². The van der Waals surface area contributed by atoms with Crippen molar-refractivity contribution in [2.24, 2.45) is 0 Å². The van der Waals surface area contributed by atoms with Gasteiger partial charge in [0.05, 0.1) is 5.02 Å². The van der Waals surface area contributed by atoms with E-state index in [9.17, 15) is 0 Å². The quantitative estimate of drug-likeness (QED) is 0.795. The summed E-state index contributed by atoms with van der Waals surface area (Å²) in [5.74, 6) is 0. The Kier molecular flexibility index (Phi) is 2.42. The molecule has 0 atom stereocenters. The molecule has 0 aliphatic carbocycles. The van der Waals surface area contributed by atoms with Gasteiger partial charge in [-0.2, -0.15) is 0 Å². The van der Waals surface area contributed by atoms with Crippen LogP contribution in [0.5, 0.6) is 0 Å². The van der Waals surface area contributed by atoms with Crippen LogP contribution in [0.25, 0.3) is 16.6 Å². The van der Waals surface area contributed by atoms with Gasteiger partial charge in [-0.25, -0.2) is 4.98 Å². The molecule has 0 amide bonds. The second-order valence-electron chi connectivity index (χ2n) is 3.91. The van der Waals surface area contributed by atoms with Gasteiger partial charge in [0.1, 0.15) is 5.65 Å². The van der Waals surface area contributed by atoms with Crippen molar-refractivity contribution in [2.75, 3.05) is 13.1 Å². The summed E-state index contributed by atoms with van der Waals surface area (Å²) in [6.45, 7) is 1.95. The first kappa shape index (κ1) is 9.87. The number of hydrogen-bond acceptors (Lipinski definition) is 2. The first-order valence-corrected chi connectivity index (χ1v) is 5.76. The Morgan fingerprint density at radius 3 is 3.12 bits per heavy atom. The second kappa shape index (κ2) is 3.92.